The predicted octanol–water partition coefficient (Wildman–Crippen LogP) is 6.11. The predicted molar refractivity (Wildman–Crippen MR) is 146 cm³/mol. The van der Waals surface area contributed by atoms with Gasteiger partial charge in [0.1, 0.15) is 17.3 Å². The van der Waals surface area contributed by atoms with Crippen LogP contribution >= 0.6 is 0 Å². The molecule has 0 saturated carbocycles. The number of esters is 1. The van der Waals surface area contributed by atoms with Crippen molar-refractivity contribution >= 4 is 23.5 Å². The molecule has 2 N–H and O–H groups in total. The third-order valence-corrected chi connectivity index (χ3v) is 5.55. The highest BCUT2D eigenvalue weighted by atomic mass is 16.5. The van der Waals surface area contributed by atoms with E-state index in [0.29, 0.717) is 29.6 Å². The largest absolute Gasteiger partial charge is 0.466 e. The van der Waals surface area contributed by atoms with Crippen molar-refractivity contribution in [3.63, 3.8) is 0 Å². The van der Waals surface area contributed by atoms with Crippen LogP contribution in [0.1, 0.15) is 39.0 Å². The van der Waals surface area contributed by atoms with Gasteiger partial charge in [-0.25, -0.2) is 9.48 Å². The van der Waals surface area contributed by atoms with Gasteiger partial charge in [-0.05, 0) is 61.0 Å². The summed E-state index contributed by atoms with van der Waals surface area (Å²) in [5, 5.41) is 10.5. The van der Waals surface area contributed by atoms with E-state index in [1.54, 1.807) is 60.4 Å². The van der Waals surface area contributed by atoms with Crippen molar-refractivity contribution in [1.82, 2.24) is 14.8 Å². The molecule has 0 radical (unpaired) electrons. The molecule has 38 heavy (non-hydrogen) atoms. The van der Waals surface area contributed by atoms with Gasteiger partial charge >= 0.3 is 12.0 Å². The summed E-state index contributed by atoms with van der Waals surface area (Å²) in [4.78, 5) is 28.7. The molecule has 0 fully saturated rings. The first-order valence-electron chi connectivity index (χ1n) is 12.3. The van der Waals surface area contributed by atoms with E-state index in [4.69, 9.17) is 14.6 Å². The summed E-state index contributed by atoms with van der Waals surface area (Å²) in [5.41, 5.74) is 2.78. The van der Waals surface area contributed by atoms with E-state index in [1.165, 1.54) is 0 Å². The molecule has 0 bridgehead atoms. The molecule has 0 aliphatic heterocycles. The molecular formula is C29H31N5O4. The molecule has 0 unspecified atom stereocenters. The van der Waals surface area contributed by atoms with Crippen molar-refractivity contribution in [3.05, 3.63) is 90.4 Å². The maximum Gasteiger partial charge on any atom is 0.324 e. The van der Waals surface area contributed by atoms with E-state index in [2.05, 4.69) is 36.4 Å². The Hall–Kier alpha value is -4.66. The van der Waals surface area contributed by atoms with Crippen LogP contribution in [0.4, 0.5) is 16.3 Å². The Morgan fingerprint density at radius 3 is 2.18 bits per heavy atom. The van der Waals surface area contributed by atoms with Crippen LogP contribution in [0.5, 0.6) is 11.5 Å². The minimum atomic E-state index is -0.409. The zero-order valence-corrected chi connectivity index (χ0v) is 21.9. The number of amides is 2. The van der Waals surface area contributed by atoms with Crippen molar-refractivity contribution in [3.8, 4) is 17.2 Å². The number of urea groups is 1. The number of hydrogen-bond acceptors (Lipinski definition) is 6. The van der Waals surface area contributed by atoms with E-state index in [1.807, 2.05) is 30.3 Å². The fourth-order valence-corrected chi connectivity index (χ4v) is 3.59. The van der Waals surface area contributed by atoms with Gasteiger partial charge in [0.05, 0.1) is 24.4 Å². The number of aromatic nitrogens is 3. The van der Waals surface area contributed by atoms with Crippen LogP contribution in [-0.2, 0) is 21.4 Å². The van der Waals surface area contributed by atoms with E-state index >= 15 is 0 Å². The maximum absolute atomic E-state index is 12.9. The summed E-state index contributed by atoms with van der Waals surface area (Å²) in [5.74, 6) is 1.56. The Bertz CT molecular complexity index is 1380. The first-order valence-corrected chi connectivity index (χ1v) is 12.3. The molecule has 4 rings (SSSR count). The van der Waals surface area contributed by atoms with Crippen molar-refractivity contribution in [2.75, 3.05) is 17.2 Å². The topological polar surface area (TPSA) is 107 Å². The minimum absolute atomic E-state index is 0.195. The van der Waals surface area contributed by atoms with Gasteiger partial charge in [0, 0.05) is 29.6 Å². The standard InChI is InChI=1S/C29H31N5O4/c1-5-37-27(35)18-20-6-10-22(11-7-20)34-26(19-25(33-34)29(2,3)4)32-28(36)31-21-8-12-23(13-9-21)38-24-14-16-30-17-15-24/h6-17,19H,5,18H2,1-4H3,(H2,31,32,36). The van der Waals surface area contributed by atoms with Crippen molar-refractivity contribution < 1.29 is 19.1 Å². The van der Waals surface area contributed by atoms with Gasteiger partial charge in [-0.3, -0.25) is 15.1 Å². The van der Waals surface area contributed by atoms with Gasteiger partial charge in [-0.2, -0.15) is 5.10 Å². The lowest BCUT2D eigenvalue weighted by molar-refractivity contribution is -0.142. The first-order chi connectivity index (χ1) is 18.2. The lowest BCUT2D eigenvalue weighted by atomic mass is 9.92. The van der Waals surface area contributed by atoms with Crippen LogP contribution in [0.15, 0.2) is 79.1 Å². The molecule has 9 nitrogen and oxygen atoms in total. The fourth-order valence-electron chi connectivity index (χ4n) is 3.59. The second kappa shape index (κ2) is 11.6. The van der Waals surface area contributed by atoms with E-state index in [0.717, 1.165) is 16.9 Å². The van der Waals surface area contributed by atoms with Crippen molar-refractivity contribution in [1.29, 1.82) is 0 Å². The van der Waals surface area contributed by atoms with Crippen LogP contribution in [0.2, 0.25) is 0 Å². The Morgan fingerprint density at radius 1 is 0.895 bits per heavy atom. The fraction of sp³-hybridized carbons (Fsp3) is 0.241. The Balaban J connectivity index is 1.47. The zero-order valence-electron chi connectivity index (χ0n) is 21.9. The average Bonchev–Trinajstić information content (AvgIpc) is 3.31. The van der Waals surface area contributed by atoms with Crippen molar-refractivity contribution in [2.24, 2.45) is 0 Å². The monoisotopic (exact) mass is 513 g/mol. The zero-order chi connectivity index (χ0) is 27.1. The molecule has 4 aromatic rings. The number of benzene rings is 2. The van der Waals surface area contributed by atoms with Crippen LogP contribution < -0.4 is 15.4 Å². The highest BCUT2D eigenvalue weighted by molar-refractivity contribution is 5.99. The van der Waals surface area contributed by atoms with Gasteiger partial charge in [0.2, 0.25) is 0 Å². The lowest BCUT2D eigenvalue weighted by Crippen LogP contribution is -2.21. The summed E-state index contributed by atoms with van der Waals surface area (Å²) in [6, 6.07) is 19.5. The summed E-state index contributed by atoms with van der Waals surface area (Å²) >= 11 is 0. The summed E-state index contributed by atoms with van der Waals surface area (Å²) in [6.45, 7) is 8.30. The van der Waals surface area contributed by atoms with Gasteiger partial charge < -0.3 is 14.8 Å². The third kappa shape index (κ3) is 6.97. The van der Waals surface area contributed by atoms with E-state index < -0.39 is 6.03 Å². The number of hydrogen-bond donors (Lipinski definition) is 2. The Labute approximate surface area is 221 Å². The van der Waals surface area contributed by atoms with Gasteiger partial charge in [0.25, 0.3) is 0 Å². The van der Waals surface area contributed by atoms with Crippen LogP contribution in [0, 0.1) is 0 Å². The molecule has 2 amide bonds. The highest BCUT2D eigenvalue weighted by Gasteiger charge is 2.21. The molecule has 2 aromatic carbocycles. The number of nitrogens with one attached hydrogen (secondary N) is 2. The number of pyridine rings is 1. The Morgan fingerprint density at radius 2 is 1.55 bits per heavy atom. The molecule has 9 heteroatoms. The smallest absolute Gasteiger partial charge is 0.324 e. The van der Waals surface area contributed by atoms with Gasteiger partial charge in [0.15, 0.2) is 0 Å². The Kier molecular flexibility index (Phi) is 8.06. The van der Waals surface area contributed by atoms with Gasteiger partial charge in [-0.15, -0.1) is 0 Å². The molecule has 0 aliphatic rings. The van der Waals surface area contributed by atoms with Crippen molar-refractivity contribution in [2.45, 2.75) is 39.5 Å². The number of nitrogens with zero attached hydrogens (tertiary/aromatic N) is 3. The number of carbonyl (C=O) groups excluding carboxylic acids is 2. The summed E-state index contributed by atoms with van der Waals surface area (Å²) < 4.78 is 12.5. The van der Waals surface area contributed by atoms with Crippen LogP contribution in [0.25, 0.3) is 5.69 Å². The second-order valence-corrected chi connectivity index (χ2v) is 9.61. The molecule has 0 saturated heterocycles. The van der Waals surface area contributed by atoms with Crippen LogP contribution in [-0.4, -0.2) is 33.4 Å². The van der Waals surface area contributed by atoms with E-state index in [9.17, 15) is 9.59 Å². The summed E-state index contributed by atoms with van der Waals surface area (Å²) in [7, 11) is 0. The second-order valence-electron chi connectivity index (χ2n) is 9.61. The number of anilines is 2. The molecule has 0 aliphatic carbocycles. The highest BCUT2D eigenvalue weighted by Crippen LogP contribution is 2.27. The first kappa shape index (κ1) is 26.4. The minimum Gasteiger partial charge on any atom is -0.466 e. The molecule has 0 spiro atoms. The number of rotatable bonds is 8. The maximum atomic E-state index is 12.9. The number of ether oxygens (including phenoxy) is 2. The van der Waals surface area contributed by atoms with E-state index in [-0.39, 0.29) is 17.8 Å². The molecule has 2 heterocycles. The molecule has 2 aromatic heterocycles. The number of carbonyl (C=O) groups is 2. The molecule has 196 valence electrons. The third-order valence-electron chi connectivity index (χ3n) is 5.55. The SMILES string of the molecule is CCOC(=O)Cc1ccc(-n2nc(C(C)(C)C)cc2NC(=O)Nc2ccc(Oc3ccncc3)cc2)cc1. The summed E-state index contributed by atoms with van der Waals surface area (Å²) in [6.07, 6.45) is 3.51. The normalized spacial score (nSPS) is 11.1. The van der Waals surface area contributed by atoms with Gasteiger partial charge in [-0.1, -0.05) is 32.9 Å². The molecular weight excluding hydrogens is 482 g/mol. The van der Waals surface area contributed by atoms with Crippen LogP contribution in [0.3, 0.4) is 0 Å². The molecule has 0 atom stereocenters. The quantitative estimate of drug-likeness (QED) is 0.275. The average molecular weight is 514 g/mol. The lowest BCUT2D eigenvalue weighted by Gasteiger charge is -2.14.